The van der Waals surface area contributed by atoms with Crippen molar-refractivity contribution < 1.29 is 37.6 Å². The van der Waals surface area contributed by atoms with Crippen LogP contribution in [0.25, 0.3) is 28.0 Å². The lowest BCUT2D eigenvalue weighted by atomic mass is 9.92. The molecule has 1 saturated heterocycles. The Morgan fingerprint density at radius 1 is 1.04 bits per heavy atom. The van der Waals surface area contributed by atoms with Crippen LogP contribution < -0.4 is 9.64 Å². The van der Waals surface area contributed by atoms with Crippen LogP contribution in [0.4, 0.5) is 14.6 Å². The molecule has 268 valence electrons. The van der Waals surface area contributed by atoms with Crippen LogP contribution in [0.2, 0.25) is 0 Å². The Labute approximate surface area is 292 Å². The lowest BCUT2D eigenvalue weighted by molar-refractivity contribution is -0.160. The second kappa shape index (κ2) is 13.6. The molecule has 7 rings (SSSR count). The van der Waals surface area contributed by atoms with Crippen molar-refractivity contribution in [1.29, 1.82) is 0 Å². The summed E-state index contributed by atoms with van der Waals surface area (Å²) in [6, 6.07) is 9.72. The van der Waals surface area contributed by atoms with Gasteiger partial charge in [-0.2, -0.15) is 0 Å². The molecular formula is C39H47F2N3O6. The lowest BCUT2D eigenvalue weighted by Crippen LogP contribution is -2.46. The van der Waals surface area contributed by atoms with Gasteiger partial charge in [0.25, 0.3) is 0 Å². The first-order chi connectivity index (χ1) is 23.6. The van der Waals surface area contributed by atoms with Crippen molar-refractivity contribution in [3.63, 3.8) is 0 Å². The number of carbonyl (C=O) groups is 1. The average molecular weight is 692 g/mol. The lowest BCUT2D eigenvalue weighted by Gasteiger charge is -2.42. The summed E-state index contributed by atoms with van der Waals surface area (Å²) in [5.74, 6) is -2.13. The van der Waals surface area contributed by atoms with Gasteiger partial charge in [-0.25, -0.2) is 18.6 Å². The zero-order valence-electron chi connectivity index (χ0n) is 30.2. The average Bonchev–Trinajstić information content (AvgIpc) is 3.39. The molecule has 0 saturated carbocycles. The van der Waals surface area contributed by atoms with E-state index >= 15 is 0 Å². The first-order valence-corrected chi connectivity index (χ1v) is 17.2. The first kappa shape index (κ1) is 35.8. The fraction of sp³-hybridized carbons (Fsp3) is 0.487. The van der Waals surface area contributed by atoms with E-state index in [0.717, 1.165) is 40.3 Å². The van der Waals surface area contributed by atoms with Crippen LogP contribution in [0.5, 0.6) is 5.75 Å². The number of imidazole rings is 1. The molecule has 3 aliphatic heterocycles. The molecule has 1 N–H and O–H groups in total. The summed E-state index contributed by atoms with van der Waals surface area (Å²) in [6.07, 6.45) is -0.259. The molecule has 0 spiro atoms. The summed E-state index contributed by atoms with van der Waals surface area (Å²) in [6.45, 7) is 17.5. The molecule has 2 atom stereocenters. The van der Waals surface area contributed by atoms with Crippen molar-refractivity contribution in [2.24, 2.45) is 0 Å². The highest BCUT2D eigenvalue weighted by Crippen LogP contribution is 2.43. The molecule has 5 heterocycles. The number of aryl methyl sites for hydroxylation is 2. The van der Waals surface area contributed by atoms with Gasteiger partial charge in [-0.05, 0) is 97.1 Å². The predicted octanol–water partition coefficient (Wildman–Crippen LogP) is 7.99. The number of benzene rings is 2. The van der Waals surface area contributed by atoms with Crippen LogP contribution in [0.3, 0.4) is 0 Å². The minimum atomic E-state index is -1.23. The van der Waals surface area contributed by atoms with Crippen molar-refractivity contribution in [2.75, 3.05) is 37.8 Å². The molecule has 1 fully saturated rings. The Morgan fingerprint density at radius 2 is 1.72 bits per heavy atom. The Balaban J connectivity index is 1.61. The molecule has 0 aliphatic carbocycles. The smallest absolute Gasteiger partial charge is 0.337 e. The van der Waals surface area contributed by atoms with Crippen molar-refractivity contribution in [3.8, 4) is 28.1 Å². The van der Waals surface area contributed by atoms with E-state index in [1.54, 1.807) is 0 Å². The van der Waals surface area contributed by atoms with Gasteiger partial charge in [0.2, 0.25) is 0 Å². The van der Waals surface area contributed by atoms with Crippen molar-refractivity contribution in [2.45, 2.75) is 91.6 Å². The number of carboxylic acid groups (broad SMARTS) is 1. The third-order valence-electron chi connectivity index (χ3n) is 9.77. The summed E-state index contributed by atoms with van der Waals surface area (Å²) in [5.41, 5.74) is 5.06. The zero-order valence-corrected chi connectivity index (χ0v) is 30.2. The quantitative estimate of drug-likeness (QED) is 0.216. The van der Waals surface area contributed by atoms with Gasteiger partial charge in [0, 0.05) is 41.5 Å². The number of aliphatic carboxylic acids is 1. The molecule has 0 amide bonds. The van der Waals surface area contributed by atoms with E-state index in [0.29, 0.717) is 67.2 Å². The van der Waals surface area contributed by atoms with Gasteiger partial charge in [-0.3, -0.25) is 4.40 Å². The third kappa shape index (κ3) is 6.95. The van der Waals surface area contributed by atoms with E-state index in [2.05, 4.69) is 16.2 Å². The third-order valence-corrected chi connectivity index (χ3v) is 9.77. The van der Waals surface area contributed by atoms with Gasteiger partial charge in [-0.15, -0.1) is 0 Å². The van der Waals surface area contributed by atoms with E-state index in [9.17, 15) is 18.7 Å². The van der Waals surface area contributed by atoms with E-state index in [1.165, 1.54) is 0 Å². The number of rotatable bonds is 3. The molecule has 2 aromatic carbocycles. The van der Waals surface area contributed by atoms with Gasteiger partial charge < -0.3 is 29.0 Å². The number of nitrogens with zero attached hydrogens (tertiary/aromatic N) is 3. The molecule has 3 aliphatic rings. The van der Waals surface area contributed by atoms with Gasteiger partial charge in [0.05, 0.1) is 36.7 Å². The molecule has 9 nitrogen and oxygen atoms in total. The van der Waals surface area contributed by atoms with Gasteiger partial charge >= 0.3 is 5.97 Å². The number of halogens is 2. The van der Waals surface area contributed by atoms with Crippen molar-refractivity contribution in [1.82, 2.24) is 9.38 Å². The van der Waals surface area contributed by atoms with E-state index < -0.39 is 41.0 Å². The van der Waals surface area contributed by atoms with Crippen molar-refractivity contribution >= 4 is 17.4 Å². The monoisotopic (exact) mass is 691 g/mol. The highest BCUT2D eigenvalue weighted by molar-refractivity contribution is 5.82. The number of fused-ring (bicyclic) bond motifs is 8. The van der Waals surface area contributed by atoms with Crippen LogP contribution >= 0.6 is 0 Å². The molecular weight excluding hydrogens is 644 g/mol. The summed E-state index contributed by atoms with van der Waals surface area (Å²) in [5, 5.41) is 10.6. The van der Waals surface area contributed by atoms with Gasteiger partial charge in [0.1, 0.15) is 23.3 Å². The molecule has 4 aromatic rings. The maximum absolute atomic E-state index is 14.7. The number of ether oxygens (including phenoxy) is 4. The normalized spacial score (nSPS) is 20.8. The van der Waals surface area contributed by atoms with Gasteiger partial charge in [-0.1, -0.05) is 18.2 Å². The van der Waals surface area contributed by atoms with Crippen molar-refractivity contribution in [3.05, 3.63) is 70.4 Å². The number of hydrogen-bond donors (Lipinski definition) is 1. The number of carboxylic acids is 1. The van der Waals surface area contributed by atoms with Crippen LogP contribution in [0, 0.1) is 32.4 Å². The number of anilines is 1. The number of aromatic nitrogens is 2. The summed E-state index contributed by atoms with van der Waals surface area (Å²) >= 11 is 0. The first-order valence-electron chi connectivity index (χ1n) is 17.2. The van der Waals surface area contributed by atoms with E-state index in [4.69, 9.17) is 23.9 Å². The second-order valence-corrected chi connectivity index (χ2v) is 14.8. The standard InChI is InChI=1S/C39H47F2N3O6/c1-22-21-47-16-17-48-39(8)12-14-43(15-13-39)36-32(34(37(45)46)50-38(5,6)7)23(2)24(3)35-42-33(25(4)44(35)36)27-11-9-10-26(18-27)28-19-29(40)30(41)20-31(28)49-22/h9-11,18-20,22,34H,12-17,21H2,1-8H3,(H,45,46)/t22-,34-/m0/s1. The second-order valence-electron chi connectivity index (χ2n) is 14.8. The predicted molar refractivity (Wildman–Crippen MR) is 188 cm³/mol. The molecule has 2 aromatic heterocycles. The fourth-order valence-electron chi connectivity index (χ4n) is 7.02. The van der Waals surface area contributed by atoms with Crippen LogP contribution in [-0.4, -0.2) is 70.7 Å². The summed E-state index contributed by atoms with van der Waals surface area (Å²) in [7, 11) is 0. The molecule has 50 heavy (non-hydrogen) atoms. The molecule has 11 heteroatoms. The van der Waals surface area contributed by atoms with E-state index in [1.807, 2.05) is 72.7 Å². The largest absolute Gasteiger partial charge is 0.488 e. The maximum Gasteiger partial charge on any atom is 0.337 e. The Kier molecular flexibility index (Phi) is 9.71. The number of pyridine rings is 1. The number of hydrogen-bond acceptors (Lipinski definition) is 7. The Hall–Kier alpha value is -4.06. The Morgan fingerprint density at radius 3 is 2.40 bits per heavy atom. The summed E-state index contributed by atoms with van der Waals surface area (Å²) in [4.78, 5) is 20.4. The van der Waals surface area contributed by atoms with Crippen LogP contribution in [0.15, 0.2) is 36.4 Å². The van der Waals surface area contributed by atoms with Crippen LogP contribution in [0.1, 0.15) is 75.9 Å². The fourth-order valence-corrected chi connectivity index (χ4v) is 7.02. The zero-order chi connectivity index (χ0) is 36.1. The van der Waals surface area contributed by atoms with Crippen LogP contribution in [-0.2, 0) is 19.0 Å². The number of piperidine rings is 1. The SMILES string of the molecule is Cc1c([C@H](OC(C)(C)C)C(=O)O)c2n3c(C)c(nc3c1C)-c1cccc(c1)-c1cc(F)c(F)cc1O[C@@H](C)COCCOC1(C)CCN2CC1. The summed E-state index contributed by atoms with van der Waals surface area (Å²) < 4.78 is 56.0. The van der Waals surface area contributed by atoms with Gasteiger partial charge in [0.15, 0.2) is 17.7 Å². The highest BCUT2D eigenvalue weighted by Gasteiger charge is 2.38. The Bertz CT molecular complexity index is 1930. The minimum Gasteiger partial charge on any atom is -0.488 e. The highest BCUT2D eigenvalue weighted by atomic mass is 19.2. The topological polar surface area (TPSA) is 94.8 Å². The molecule has 0 unspecified atom stereocenters. The maximum atomic E-state index is 14.7. The van der Waals surface area contributed by atoms with E-state index in [-0.39, 0.29) is 12.4 Å². The molecule has 0 radical (unpaired) electrons. The molecule has 6 bridgehead atoms. The minimum absolute atomic E-state index is 0.198.